The first-order valence-electron chi connectivity index (χ1n) is 5.09. The van der Waals surface area contributed by atoms with Gasteiger partial charge in [0.25, 0.3) is 0 Å². The summed E-state index contributed by atoms with van der Waals surface area (Å²) in [5.74, 6) is -1.22. The summed E-state index contributed by atoms with van der Waals surface area (Å²) >= 11 is 0. The van der Waals surface area contributed by atoms with Crippen LogP contribution in [0.2, 0.25) is 0 Å². The molecule has 0 aliphatic heterocycles. The molecule has 0 amide bonds. The Morgan fingerprint density at radius 3 is 2.31 bits per heavy atom. The minimum Gasteiger partial charge on any atom is -0.480 e. The molecule has 0 aromatic rings. The van der Waals surface area contributed by atoms with E-state index in [4.69, 9.17) is 5.11 Å². The number of carbonyl (C=O) groups is 3. The van der Waals surface area contributed by atoms with Crippen LogP contribution in [-0.2, 0) is 14.4 Å². The largest absolute Gasteiger partial charge is 0.480 e. The first-order chi connectivity index (χ1) is 7.47. The summed E-state index contributed by atoms with van der Waals surface area (Å²) in [6, 6.07) is -0.843. The molecule has 0 aromatic carbocycles. The molecule has 92 valence electrons. The number of aliphatic carboxylic acids is 1. The molecule has 0 bridgehead atoms. The van der Waals surface area contributed by atoms with E-state index in [0.717, 1.165) is 0 Å². The fraction of sp³-hybridized carbons (Fsp3) is 0.700. The lowest BCUT2D eigenvalue weighted by molar-refractivity contribution is -0.139. The van der Waals surface area contributed by atoms with E-state index in [1.54, 1.807) is 7.05 Å². The molecule has 0 aromatic heterocycles. The average molecular weight is 230 g/mol. The molecule has 0 fully saturated rings. The van der Waals surface area contributed by atoms with Gasteiger partial charge in [0.2, 0.25) is 0 Å². The van der Waals surface area contributed by atoms with Crippen LogP contribution in [0, 0.1) is 0 Å². The SMILES string of the molecule is CNCC(=O)CC[C@H](NCC(C)=O)C(=O)O. The van der Waals surface area contributed by atoms with Crippen molar-refractivity contribution in [1.29, 1.82) is 0 Å². The van der Waals surface area contributed by atoms with E-state index in [-0.39, 0.29) is 37.5 Å². The average Bonchev–Trinajstić information content (AvgIpc) is 2.17. The van der Waals surface area contributed by atoms with Crippen LogP contribution in [0.1, 0.15) is 19.8 Å². The molecular formula is C10H18N2O4. The number of hydrogen-bond acceptors (Lipinski definition) is 5. The van der Waals surface area contributed by atoms with Gasteiger partial charge < -0.3 is 10.4 Å². The van der Waals surface area contributed by atoms with Crippen LogP contribution in [0.15, 0.2) is 0 Å². The summed E-state index contributed by atoms with van der Waals surface area (Å²) in [5, 5.41) is 14.1. The van der Waals surface area contributed by atoms with E-state index in [9.17, 15) is 14.4 Å². The number of likely N-dealkylation sites (N-methyl/N-ethyl adjacent to an activating group) is 1. The van der Waals surface area contributed by atoms with Crippen molar-refractivity contribution >= 4 is 17.5 Å². The van der Waals surface area contributed by atoms with Crippen molar-refractivity contribution in [2.75, 3.05) is 20.1 Å². The lowest BCUT2D eigenvalue weighted by Gasteiger charge is -2.12. The number of rotatable bonds is 9. The zero-order valence-electron chi connectivity index (χ0n) is 9.58. The molecule has 0 saturated heterocycles. The Kier molecular flexibility index (Phi) is 7.32. The second-order valence-electron chi connectivity index (χ2n) is 3.58. The van der Waals surface area contributed by atoms with Crippen LogP contribution in [-0.4, -0.2) is 48.8 Å². The summed E-state index contributed by atoms with van der Waals surface area (Å²) < 4.78 is 0. The van der Waals surface area contributed by atoms with Gasteiger partial charge >= 0.3 is 5.97 Å². The molecule has 0 saturated carbocycles. The molecule has 6 nitrogen and oxygen atoms in total. The molecule has 0 spiro atoms. The number of nitrogens with one attached hydrogen (secondary N) is 2. The van der Waals surface area contributed by atoms with Crippen LogP contribution < -0.4 is 10.6 Å². The fourth-order valence-electron chi connectivity index (χ4n) is 1.17. The minimum atomic E-state index is -1.04. The first kappa shape index (κ1) is 14.7. The van der Waals surface area contributed by atoms with E-state index in [1.807, 2.05) is 0 Å². The molecule has 16 heavy (non-hydrogen) atoms. The Labute approximate surface area is 94.4 Å². The molecule has 0 heterocycles. The lowest BCUT2D eigenvalue weighted by atomic mass is 10.1. The van der Waals surface area contributed by atoms with Gasteiger partial charge in [0, 0.05) is 6.42 Å². The van der Waals surface area contributed by atoms with Gasteiger partial charge in [-0.15, -0.1) is 0 Å². The van der Waals surface area contributed by atoms with Gasteiger partial charge in [0.15, 0.2) is 0 Å². The molecule has 1 atom stereocenters. The zero-order valence-corrected chi connectivity index (χ0v) is 9.58. The van der Waals surface area contributed by atoms with Crippen LogP contribution >= 0.6 is 0 Å². The van der Waals surface area contributed by atoms with Crippen molar-refractivity contribution in [2.45, 2.75) is 25.8 Å². The van der Waals surface area contributed by atoms with Gasteiger partial charge in [-0.3, -0.25) is 19.7 Å². The minimum absolute atomic E-state index is 0.0111. The standard InChI is InChI=1S/C10H18N2O4/c1-7(13)5-12-9(10(15)16)4-3-8(14)6-11-2/h9,11-12H,3-6H2,1-2H3,(H,15,16)/t9-/m0/s1. The zero-order chi connectivity index (χ0) is 12.6. The molecule has 0 radical (unpaired) electrons. The fourth-order valence-corrected chi connectivity index (χ4v) is 1.17. The number of carboxylic acids is 1. The topological polar surface area (TPSA) is 95.5 Å². The highest BCUT2D eigenvalue weighted by Crippen LogP contribution is 1.98. The predicted molar refractivity (Wildman–Crippen MR) is 58.3 cm³/mol. The number of hydrogen-bond donors (Lipinski definition) is 3. The third kappa shape index (κ3) is 7.08. The summed E-state index contributed by atoms with van der Waals surface area (Å²) in [6.07, 6.45) is 0.381. The summed E-state index contributed by atoms with van der Waals surface area (Å²) in [7, 11) is 1.65. The number of carbonyl (C=O) groups excluding carboxylic acids is 2. The predicted octanol–water partition coefficient (Wildman–Crippen LogP) is -0.813. The molecule has 0 aliphatic carbocycles. The Morgan fingerprint density at radius 1 is 1.25 bits per heavy atom. The van der Waals surface area contributed by atoms with Crippen molar-refractivity contribution in [3.63, 3.8) is 0 Å². The van der Waals surface area contributed by atoms with E-state index in [0.29, 0.717) is 0 Å². The first-order valence-corrected chi connectivity index (χ1v) is 5.09. The molecule has 0 aliphatic rings. The highest BCUT2D eigenvalue weighted by Gasteiger charge is 2.18. The maximum Gasteiger partial charge on any atom is 0.320 e. The quantitative estimate of drug-likeness (QED) is 0.479. The number of ketones is 2. The molecule has 0 rings (SSSR count). The molecule has 6 heteroatoms. The van der Waals surface area contributed by atoms with Gasteiger partial charge in [-0.2, -0.15) is 0 Å². The van der Waals surface area contributed by atoms with Crippen molar-refractivity contribution in [3.8, 4) is 0 Å². The second-order valence-corrected chi connectivity index (χ2v) is 3.58. The normalized spacial score (nSPS) is 12.1. The maximum absolute atomic E-state index is 11.2. The van der Waals surface area contributed by atoms with E-state index >= 15 is 0 Å². The van der Waals surface area contributed by atoms with Crippen LogP contribution in [0.3, 0.4) is 0 Å². The van der Waals surface area contributed by atoms with E-state index in [2.05, 4.69) is 10.6 Å². The van der Waals surface area contributed by atoms with Crippen LogP contribution in [0.25, 0.3) is 0 Å². The number of Topliss-reactive ketones (excluding diaryl/α,β-unsaturated/α-hetero) is 2. The van der Waals surface area contributed by atoms with Crippen molar-refractivity contribution in [1.82, 2.24) is 10.6 Å². The van der Waals surface area contributed by atoms with E-state index in [1.165, 1.54) is 6.92 Å². The van der Waals surface area contributed by atoms with Crippen molar-refractivity contribution in [2.24, 2.45) is 0 Å². The van der Waals surface area contributed by atoms with Gasteiger partial charge in [-0.1, -0.05) is 0 Å². The smallest absolute Gasteiger partial charge is 0.320 e. The Morgan fingerprint density at radius 2 is 1.88 bits per heavy atom. The van der Waals surface area contributed by atoms with Gasteiger partial charge in [-0.05, 0) is 20.4 Å². The Hall–Kier alpha value is -1.27. The summed E-state index contributed by atoms with van der Waals surface area (Å²) in [6.45, 7) is 1.62. The Balaban J connectivity index is 3.99. The molecular weight excluding hydrogens is 212 g/mol. The van der Waals surface area contributed by atoms with Gasteiger partial charge in [0.05, 0.1) is 13.1 Å². The lowest BCUT2D eigenvalue weighted by Crippen LogP contribution is -2.39. The molecule has 0 unspecified atom stereocenters. The van der Waals surface area contributed by atoms with Gasteiger partial charge in [0.1, 0.15) is 17.6 Å². The monoisotopic (exact) mass is 230 g/mol. The second kappa shape index (κ2) is 7.95. The highest BCUT2D eigenvalue weighted by molar-refractivity contribution is 5.82. The number of carboxylic acid groups (broad SMARTS) is 1. The van der Waals surface area contributed by atoms with E-state index < -0.39 is 12.0 Å². The van der Waals surface area contributed by atoms with Crippen LogP contribution in [0.5, 0.6) is 0 Å². The molecule has 3 N–H and O–H groups in total. The Bertz CT molecular complexity index is 266. The third-order valence-corrected chi connectivity index (χ3v) is 1.98. The van der Waals surface area contributed by atoms with Crippen LogP contribution in [0.4, 0.5) is 0 Å². The van der Waals surface area contributed by atoms with Crippen molar-refractivity contribution < 1.29 is 19.5 Å². The van der Waals surface area contributed by atoms with Crippen molar-refractivity contribution in [3.05, 3.63) is 0 Å². The summed E-state index contributed by atoms with van der Waals surface area (Å²) in [4.78, 5) is 32.6. The maximum atomic E-state index is 11.2. The third-order valence-electron chi connectivity index (χ3n) is 1.98. The van der Waals surface area contributed by atoms with Gasteiger partial charge in [-0.25, -0.2) is 0 Å². The highest BCUT2D eigenvalue weighted by atomic mass is 16.4. The summed E-state index contributed by atoms with van der Waals surface area (Å²) in [5.41, 5.74) is 0.